The lowest BCUT2D eigenvalue weighted by molar-refractivity contribution is -0.133. The van der Waals surface area contributed by atoms with E-state index in [1.54, 1.807) is 7.11 Å². The van der Waals surface area contributed by atoms with E-state index in [1.165, 1.54) is 43.9 Å². The van der Waals surface area contributed by atoms with E-state index in [4.69, 9.17) is 9.84 Å². The molecule has 1 aliphatic carbocycles. The van der Waals surface area contributed by atoms with Gasteiger partial charge in [-0.05, 0) is 5.92 Å². The summed E-state index contributed by atoms with van der Waals surface area (Å²) in [4.78, 5) is 10.7. The number of rotatable bonds is 8. The van der Waals surface area contributed by atoms with Gasteiger partial charge in [0.15, 0.2) is 5.16 Å². The Morgan fingerprint density at radius 2 is 2.14 bits per heavy atom. The molecule has 0 atom stereocenters. The van der Waals surface area contributed by atoms with Gasteiger partial charge >= 0.3 is 5.97 Å². The van der Waals surface area contributed by atoms with E-state index in [1.807, 2.05) is 4.57 Å². The first-order valence-electron chi connectivity index (χ1n) is 7.46. The first-order valence-corrected chi connectivity index (χ1v) is 8.45. The molecular formula is C14H23N3O3S. The average molecular weight is 313 g/mol. The molecule has 0 aliphatic heterocycles. The molecule has 1 saturated carbocycles. The van der Waals surface area contributed by atoms with Crippen molar-refractivity contribution in [2.24, 2.45) is 5.92 Å². The minimum absolute atomic E-state index is 0.00848. The molecule has 0 amide bonds. The lowest BCUT2D eigenvalue weighted by Crippen LogP contribution is -2.15. The van der Waals surface area contributed by atoms with Crippen LogP contribution in [0.5, 0.6) is 0 Å². The summed E-state index contributed by atoms with van der Waals surface area (Å²) in [6, 6.07) is 0. The number of aromatic nitrogens is 3. The topological polar surface area (TPSA) is 77.2 Å². The molecule has 118 valence electrons. The van der Waals surface area contributed by atoms with Gasteiger partial charge in [0, 0.05) is 20.1 Å². The molecule has 1 fully saturated rings. The second kappa shape index (κ2) is 8.38. The number of carbonyl (C=O) groups is 1. The predicted molar refractivity (Wildman–Crippen MR) is 80.5 cm³/mol. The number of carboxylic acid groups (broad SMARTS) is 1. The number of ether oxygens (including phenoxy) is 1. The largest absolute Gasteiger partial charge is 0.481 e. The Hall–Kier alpha value is -1.08. The summed E-state index contributed by atoms with van der Waals surface area (Å²) < 4.78 is 7.16. The highest BCUT2D eigenvalue weighted by Crippen LogP contribution is 2.27. The van der Waals surface area contributed by atoms with E-state index in [2.05, 4.69) is 10.2 Å². The van der Waals surface area contributed by atoms with Gasteiger partial charge in [-0.15, -0.1) is 10.2 Å². The minimum Gasteiger partial charge on any atom is -0.481 e. The van der Waals surface area contributed by atoms with Crippen molar-refractivity contribution in [3.63, 3.8) is 0 Å². The first kappa shape index (κ1) is 16.3. The molecule has 1 aromatic rings. The SMILES string of the molecule is COCCn1c(CC2CCCCC2)nnc1SCC(=O)O. The molecule has 1 heterocycles. The molecule has 0 unspecified atom stereocenters. The number of thioether (sulfide) groups is 1. The minimum atomic E-state index is -0.838. The smallest absolute Gasteiger partial charge is 0.313 e. The van der Waals surface area contributed by atoms with Crippen molar-refractivity contribution >= 4 is 17.7 Å². The molecule has 7 heteroatoms. The van der Waals surface area contributed by atoms with Gasteiger partial charge in [-0.3, -0.25) is 4.79 Å². The maximum Gasteiger partial charge on any atom is 0.313 e. The van der Waals surface area contributed by atoms with Gasteiger partial charge in [-0.25, -0.2) is 0 Å². The fraction of sp³-hybridized carbons (Fsp3) is 0.786. The second-order valence-electron chi connectivity index (χ2n) is 5.43. The first-order chi connectivity index (χ1) is 10.2. The molecule has 0 saturated heterocycles. The third-order valence-corrected chi connectivity index (χ3v) is 4.78. The summed E-state index contributed by atoms with van der Waals surface area (Å²) >= 11 is 1.22. The number of methoxy groups -OCH3 is 1. The molecular weight excluding hydrogens is 290 g/mol. The van der Waals surface area contributed by atoms with Gasteiger partial charge in [0.25, 0.3) is 0 Å². The van der Waals surface area contributed by atoms with Crippen molar-refractivity contribution in [3.8, 4) is 0 Å². The molecule has 0 bridgehead atoms. The van der Waals surface area contributed by atoms with Crippen LogP contribution < -0.4 is 0 Å². The molecule has 21 heavy (non-hydrogen) atoms. The van der Waals surface area contributed by atoms with Crippen LogP contribution in [-0.4, -0.2) is 45.3 Å². The lowest BCUT2D eigenvalue weighted by atomic mass is 9.87. The Kier molecular flexibility index (Phi) is 6.50. The van der Waals surface area contributed by atoms with Gasteiger partial charge in [0.2, 0.25) is 0 Å². The maximum absolute atomic E-state index is 10.7. The highest BCUT2D eigenvalue weighted by Gasteiger charge is 2.19. The van der Waals surface area contributed by atoms with Gasteiger partial charge < -0.3 is 14.4 Å². The Bertz CT molecular complexity index is 458. The normalized spacial score (nSPS) is 16.2. The third kappa shape index (κ3) is 5.00. The summed E-state index contributed by atoms with van der Waals surface area (Å²) in [6.45, 7) is 1.25. The molecule has 0 spiro atoms. The molecule has 0 radical (unpaired) electrons. The molecule has 1 aromatic heterocycles. The maximum atomic E-state index is 10.7. The van der Waals surface area contributed by atoms with Crippen LogP contribution in [0.4, 0.5) is 0 Å². The van der Waals surface area contributed by atoms with Crippen molar-refractivity contribution in [2.45, 2.75) is 50.2 Å². The summed E-state index contributed by atoms with van der Waals surface area (Å²) in [5.74, 6) is 0.817. The summed E-state index contributed by atoms with van der Waals surface area (Å²) in [5, 5.41) is 17.9. The van der Waals surface area contributed by atoms with E-state index in [0.29, 0.717) is 24.2 Å². The number of aliphatic carboxylic acids is 1. The van der Waals surface area contributed by atoms with Crippen LogP contribution >= 0.6 is 11.8 Å². The lowest BCUT2D eigenvalue weighted by Gasteiger charge is -2.21. The standard InChI is InChI=1S/C14H23N3O3S/c1-20-8-7-17-12(9-11-5-3-2-4-6-11)15-16-14(17)21-10-13(18)19/h11H,2-10H2,1H3,(H,18,19). The Morgan fingerprint density at radius 3 is 2.81 bits per heavy atom. The number of nitrogens with zero attached hydrogens (tertiary/aromatic N) is 3. The zero-order valence-electron chi connectivity index (χ0n) is 12.5. The fourth-order valence-electron chi connectivity index (χ4n) is 2.76. The van der Waals surface area contributed by atoms with Crippen LogP contribution in [0.25, 0.3) is 0 Å². The molecule has 2 rings (SSSR count). The van der Waals surface area contributed by atoms with E-state index in [-0.39, 0.29) is 5.75 Å². The van der Waals surface area contributed by atoms with Crippen molar-refractivity contribution in [1.82, 2.24) is 14.8 Å². The van der Waals surface area contributed by atoms with Crippen LogP contribution in [0.2, 0.25) is 0 Å². The summed E-state index contributed by atoms with van der Waals surface area (Å²) in [7, 11) is 1.66. The summed E-state index contributed by atoms with van der Waals surface area (Å²) in [6.07, 6.45) is 7.40. The van der Waals surface area contributed by atoms with Crippen LogP contribution in [0, 0.1) is 5.92 Å². The van der Waals surface area contributed by atoms with E-state index in [0.717, 1.165) is 12.2 Å². The van der Waals surface area contributed by atoms with E-state index >= 15 is 0 Å². The molecule has 0 aromatic carbocycles. The Morgan fingerprint density at radius 1 is 1.38 bits per heavy atom. The van der Waals surface area contributed by atoms with Crippen LogP contribution in [0.1, 0.15) is 37.9 Å². The second-order valence-corrected chi connectivity index (χ2v) is 6.38. The monoisotopic (exact) mass is 313 g/mol. The zero-order chi connectivity index (χ0) is 15.1. The number of hydrogen-bond acceptors (Lipinski definition) is 5. The molecule has 1 N–H and O–H groups in total. The zero-order valence-corrected chi connectivity index (χ0v) is 13.3. The third-order valence-electron chi connectivity index (χ3n) is 3.83. The van der Waals surface area contributed by atoms with E-state index in [9.17, 15) is 4.79 Å². The van der Waals surface area contributed by atoms with Crippen molar-refractivity contribution in [1.29, 1.82) is 0 Å². The van der Waals surface area contributed by atoms with Crippen LogP contribution in [-0.2, 0) is 22.5 Å². The Labute approximate surface area is 129 Å². The molecule has 6 nitrogen and oxygen atoms in total. The summed E-state index contributed by atoms with van der Waals surface area (Å²) in [5.41, 5.74) is 0. The highest BCUT2D eigenvalue weighted by atomic mass is 32.2. The fourth-order valence-corrected chi connectivity index (χ4v) is 3.46. The van der Waals surface area contributed by atoms with Gasteiger partial charge in [-0.2, -0.15) is 0 Å². The van der Waals surface area contributed by atoms with Crippen molar-refractivity contribution in [2.75, 3.05) is 19.5 Å². The van der Waals surface area contributed by atoms with E-state index < -0.39 is 5.97 Å². The average Bonchev–Trinajstić information content (AvgIpc) is 2.86. The number of carboxylic acids is 1. The predicted octanol–water partition coefficient (Wildman–Crippen LogP) is 2.22. The quantitative estimate of drug-likeness (QED) is 0.742. The number of hydrogen-bond donors (Lipinski definition) is 1. The van der Waals surface area contributed by atoms with Crippen LogP contribution in [0.15, 0.2) is 5.16 Å². The van der Waals surface area contributed by atoms with Gasteiger partial charge in [-0.1, -0.05) is 43.9 Å². The van der Waals surface area contributed by atoms with Gasteiger partial charge in [0.1, 0.15) is 5.82 Å². The van der Waals surface area contributed by atoms with Crippen LogP contribution in [0.3, 0.4) is 0 Å². The van der Waals surface area contributed by atoms with Gasteiger partial charge in [0.05, 0.1) is 12.4 Å². The highest BCUT2D eigenvalue weighted by molar-refractivity contribution is 7.99. The molecule has 1 aliphatic rings. The van der Waals surface area contributed by atoms with Crippen molar-refractivity contribution in [3.05, 3.63) is 5.82 Å². The Balaban J connectivity index is 2.05. The van der Waals surface area contributed by atoms with Crippen molar-refractivity contribution < 1.29 is 14.6 Å².